The van der Waals surface area contributed by atoms with E-state index >= 15 is 0 Å². The standard InChI is InChI=1S/C14H13F2N3O3S/c15-14(16)12-1-2-13(22-12)23(20,21)19-9-4-6-18(8-9)11-7-17-5-3-10(11)19/h1-3,5,7,9,14H,4,6,8H2. The van der Waals surface area contributed by atoms with Crippen molar-refractivity contribution >= 4 is 21.4 Å². The molecule has 0 radical (unpaired) electrons. The van der Waals surface area contributed by atoms with Gasteiger partial charge in [-0.3, -0.25) is 9.29 Å². The summed E-state index contributed by atoms with van der Waals surface area (Å²) >= 11 is 0. The SMILES string of the molecule is O=S(=O)(c1ccc(C(F)F)o1)N1c2ccncc2N2CCC1C2. The first kappa shape index (κ1) is 14.4. The van der Waals surface area contributed by atoms with E-state index in [0.717, 1.165) is 24.4 Å². The molecule has 122 valence electrons. The summed E-state index contributed by atoms with van der Waals surface area (Å²) in [5.74, 6) is -0.649. The summed E-state index contributed by atoms with van der Waals surface area (Å²) in [6.45, 7) is 1.29. The minimum Gasteiger partial charge on any atom is -0.442 e. The first-order valence-corrected chi connectivity index (χ1v) is 8.54. The first-order valence-electron chi connectivity index (χ1n) is 7.10. The summed E-state index contributed by atoms with van der Waals surface area (Å²) in [7, 11) is -4.04. The molecule has 23 heavy (non-hydrogen) atoms. The maximum absolute atomic E-state index is 12.9. The van der Waals surface area contributed by atoms with Gasteiger partial charge in [-0.05, 0) is 24.6 Å². The van der Waals surface area contributed by atoms with Gasteiger partial charge in [-0.1, -0.05) is 0 Å². The Labute approximate surface area is 131 Å². The molecule has 2 aliphatic rings. The predicted octanol–water partition coefficient (Wildman–Crippen LogP) is 2.40. The fourth-order valence-electron chi connectivity index (χ4n) is 3.17. The highest BCUT2D eigenvalue weighted by molar-refractivity contribution is 7.92. The lowest BCUT2D eigenvalue weighted by Crippen LogP contribution is -2.45. The molecule has 0 amide bonds. The second-order valence-electron chi connectivity index (χ2n) is 5.51. The number of alkyl halides is 2. The molecular weight excluding hydrogens is 328 g/mol. The zero-order valence-corrected chi connectivity index (χ0v) is 12.7. The molecular formula is C14H13F2N3O3S. The van der Waals surface area contributed by atoms with Gasteiger partial charge in [0, 0.05) is 19.3 Å². The third-order valence-corrected chi connectivity index (χ3v) is 5.92. The molecule has 1 fully saturated rings. The van der Waals surface area contributed by atoms with Gasteiger partial charge in [-0.2, -0.15) is 8.42 Å². The Balaban J connectivity index is 1.82. The lowest BCUT2D eigenvalue weighted by molar-refractivity contribution is 0.116. The summed E-state index contributed by atoms with van der Waals surface area (Å²) in [5, 5.41) is -0.462. The molecule has 0 spiro atoms. The van der Waals surface area contributed by atoms with Crippen LogP contribution in [0.15, 0.2) is 40.1 Å². The number of fused-ring (bicyclic) bond motifs is 4. The monoisotopic (exact) mass is 341 g/mol. The molecule has 0 saturated carbocycles. The third kappa shape index (κ3) is 2.10. The van der Waals surface area contributed by atoms with E-state index in [1.54, 1.807) is 12.3 Å². The molecule has 1 atom stereocenters. The summed E-state index contributed by atoms with van der Waals surface area (Å²) in [6, 6.07) is 3.46. The molecule has 2 bridgehead atoms. The Morgan fingerprint density at radius 2 is 2.09 bits per heavy atom. The molecule has 2 aromatic rings. The average molecular weight is 341 g/mol. The van der Waals surface area contributed by atoms with Crippen molar-refractivity contribution in [3.63, 3.8) is 0 Å². The van der Waals surface area contributed by atoms with Crippen molar-refractivity contribution in [2.24, 2.45) is 0 Å². The van der Waals surface area contributed by atoms with Crippen molar-refractivity contribution in [1.29, 1.82) is 0 Å². The Morgan fingerprint density at radius 3 is 2.83 bits per heavy atom. The van der Waals surface area contributed by atoms with Crippen LogP contribution in [0.2, 0.25) is 0 Å². The van der Waals surface area contributed by atoms with Crippen LogP contribution in [-0.4, -0.2) is 32.5 Å². The molecule has 4 rings (SSSR count). The van der Waals surface area contributed by atoms with E-state index in [4.69, 9.17) is 4.42 Å². The molecule has 2 aliphatic heterocycles. The zero-order valence-electron chi connectivity index (χ0n) is 11.9. The lowest BCUT2D eigenvalue weighted by atomic mass is 10.2. The van der Waals surface area contributed by atoms with E-state index in [0.29, 0.717) is 18.7 Å². The quantitative estimate of drug-likeness (QED) is 0.858. The van der Waals surface area contributed by atoms with Crippen molar-refractivity contribution in [1.82, 2.24) is 4.98 Å². The predicted molar refractivity (Wildman–Crippen MR) is 78.2 cm³/mol. The Bertz CT molecular complexity index is 852. The van der Waals surface area contributed by atoms with Crippen LogP contribution in [-0.2, 0) is 10.0 Å². The minimum atomic E-state index is -4.04. The fourth-order valence-corrected chi connectivity index (χ4v) is 4.78. The number of sulfonamides is 1. The van der Waals surface area contributed by atoms with Crippen LogP contribution in [0.3, 0.4) is 0 Å². The fraction of sp³-hybridized carbons (Fsp3) is 0.357. The average Bonchev–Trinajstić information content (AvgIpc) is 3.16. The Kier molecular flexibility index (Phi) is 3.09. The van der Waals surface area contributed by atoms with Crippen LogP contribution < -0.4 is 9.21 Å². The van der Waals surface area contributed by atoms with Gasteiger partial charge in [-0.15, -0.1) is 0 Å². The van der Waals surface area contributed by atoms with Crippen molar-refractivity contribution in [3.8, 4) is 0 Å². The normalized spacial score (nSPS) is 20.2. The van der Waals surface area contributed by atoms with Crippen molar-refractivity contribution in [2.45, 2.75) is 24.0 Å². The number of halogens is 2. The highest BCUT2D eigenvalue weighted by Crippen LogP contribution is 2.42. The third-order valence-electron chi connectivity index (χ3n) is 4.18. The second-order valence-corrected chi connectivity index (χ2v) is 7.26. The summed E-state index contributed by atoms with van der Waals surface area (Å²) in [6.07, 6.45) is 0.946. The number of furan rings is 1. The van der Waals surface area contributed by atoms with E-state index in [1.165, 1.54) is 10.5 Å². The summed E-state index contributed by atoms with van der Waals surface area (Å²) in [5.41, 5.74) is 1.23. The Morgan fingerprint density at radius 1 is 1.26 bits per heavy atom. The number of anilines is 2. The maximum Gasteiger partial charge on any atom is 0.298 e. The van der Waals surface area contributed by atoms with Gasteiger partial charge >= 0.3 is 0 Å². The molecule has 9 heteroatoms. The second kappa shape index (κ2) is 4.92. The van der Waals surface area contributed by atoms with E-state index < -0.39 is 27.3 Å². The molecule has 1 saturated heterocycles. The highest BCUT2D eigenvalue weighted by Gasteiger charge is 2.43. The summed E-state index contributed by atoms with van der Waals surface area (Å²) < 4.78 is 57.4. The first-order chi connectivity index (χ1) is 11.0. The topological polar surface area (TPSA) is 66.7 Å². The largest absolute Gasteiger partial charge is 0.442 e. The zero-order chi connectivity index (χ0) is 16.2. The number of hydrogen-bond donors (Lipinski definition) is 0. The van der Waals surface area contributed by atoms with Crippen LogP contribution in [0.4, 0.5) is 20.2 Å². The van der Waals surface area contributed by atoms with Crippen LogP contribution in [0.1, 0.15) is 18.6 Å². The molecule has 2 aromatic heterocycles. The van der Waals surface area contributed by atoms with Crippen LogP contribution in [0, 0.1) is 0 Å². The van der Waals surface area contributed by atoms with Crippen LogP contribution in [0.5, 0.6) is 0 Å². The van der Waals surface area contributed by atoms with Gasteiger partial charge in [0.15, 0.2) is 5.76 Å². The molecule has 0 N–H and O–H groups in total. The van der Waals surface area contributed by atoms with Crippen LogP contribution in [0.25, 0.3) is 0 Å². The van der Waals surface area contributed by atoms with Gasteiger partial charge in [-0.25, -0.2) is 8.78 Å². The van der Waals surface area contributed by atoms with Crippen molar-refractivity contribution < 1.29 is 21.6 Å². The maximum atomic E-state index is 12.9. The van der Waals surface area contributed by atoms with E-state index in [2.05, 4.69) is 9.88 Å². The molecule has 0 aliphatic carbocycles. The van der Waals surface area contributed by atoms with Gasteiger partial charge in [0.2, 0.25) is 5.09 Å². The van der Waals surface area contributed by atoms with Gasteiger partial charge in [0.25, 0.3) is 16.4 Å². The minimum absolute atomic E-state index is 0.241. The number of pyridine rings is 1. The lowest BCUT2D eigenvalue weighted by Gasteiger charge is -2.36. The van der Waals surface area contributed by atoms with Crippen molar-refractivity contribution in [2.75, 3.05) is 22.3 Å². The number of hydrogen-bond acceptors (Lipinski definition) is 5. The number of aromatic nitrogens is 1. The smallest absolute Gasteiger partial charge is 0.298 e. The molecule has 0 aromatic carbocycles. The highest BCUT2D eigenvalue weighted by atomic mass is 32.2. The van der Waals surface area contributed by atoms with Gasteiger partial charge in [0.05, 0.1) is 23.6 Å². The molecule has 1 unspecified atom stereocenters. The molecule has 6 nitrogen and oxygen atoms in total. The Hall–Kier alpha value is -2.16. The summed E-state index contributed by atoms with van der Waals surface area (Å²) in [4.78, 5) is 6.12. The van der Waals surface area contributed by atoms with Crippen LogP contribution >= 0.6 is 0 Å². The van der Waals surface area contributed by atoms with Gasteiger partial charge < -0.3 is 9.32 Å². The van der Waals surface area contributed by atoms with E-state index in [-0.39, 0.29) is 6.04 Å². The van der Waals surface area contributed by atoms with Crippen molar-refractivity contribution in [3.05, 3.63) is 36.4 Å². The van der Waals surface area contributed by atoms with E-state index in [9.17, 15) is 17.2 Å². The number of rotatable bonds is 3. The number of nitrogens with zero attached hydrogens (tertiary/aromatic N) is 3. The van der Waals surface area contributed by atoms with Gasteiger partial charge in [0.1, 0.15) is 0 Å². The molecule has 4 heterocycles. The van der Waals surface area contributed by atoms with E-state index in [1.807, 2.05) is 0 Å².